The maximum Gasteiger partial charge on any atom is 0.264 e. The molecule has 3 aromatic carbocycles. The monoisotopic (exact) mass is 470 g/mol. The number of halogens is 2. The number of para-hydroxylation sites is 2. The Hall–Kier alpha value is -2.82. The van der Waals surface area contributed by atoms with Crippen LogP contribution in [-0.4, -0.2) is 23.9 Å². The largest absolute Gasteiger partial charge is 0.495 e. The highest BCUT2D eigenvalue weighted by molar-refractivity contribution is 7.93. The highest BCUT2D eigenvalue weighted by atomic mass is 35.5. The third-order valence-electron chi connectivity index (χ3n) is 3.93. The molecule has 0 unspecified atom stereocenters. The lowest BCUT2D eigenvalue weighted by molar-refractivity contribution is 0.417. The lowest BCUT2D eigenvalue weighted by Crippen LogP contribution is -2.16. The molecule has 11 heteroatoms. The first kappa shape index (κ1) is 21.9. The van der Waals surface area contributed by atoms with Crippen molar-refractivity contribution >= 4 is 43.0 Å². The Labute approximate surface area is 178 Å². The molecule has 158 valence electrons. The highest BCUT2D eigenvalue weighted by Gasteiger charge is 2.21. The van der Waals surface area contributed by atoms with Gasteiger partial charge in [-0.25, -0.2) is 21.2 Å². The summed E-state index contributed by atoms with van der Waals surface area (Å²) in [6.07, 6.45) is 0. The fourth-order valence-electron chi connectivity index (χ4n) is 2.56. The number of hydrogen-bond donors (Lipinski definition) is 2. The molecular weight excluding hydrogens is 455 g/mol. The van der Waals surface area contributed by atoms with Crippen LogP contribution in [0.2, 0.25) is 5.02 Å². The van der Waals surface area contributed by atoms with Crippen LogP contribution in [0.4, 0.5) is 15.8 Å². The second-order valence-corrected chi connectivity index (χ2v) is 9.78. The lowest BCUT2D eigenvalue weighted by Gasteiger charge is -2.13. The van der Waals surface area contributed by atoms with Gasteiger partial charge in [0.15, 0.2) is 0 Å². The Bertz CT molecular complexity index is 1300. The van der Waals surface area contributed by atoms with E-state index in [2.05, 4.69) is 9.44 Å². The number of anilines is 2. The Morgan fingerprint density at radius 2 is 1.60 bits per heavy atom. The van der Waals surface area contributed by atoms with Crippen molar-refractivity contribution in [1.82, 2.24) is 0 Å². The standard InChI is InChI=1S/C19H16ClFN2O5S2/c1-28-18-8-3-2-7-17(18)23-29(24,25)15-6-4-5-14(12-15)22-30(26,27)19-10-9-13(20)11-16(19)21/h2-12,22-23H,1H3. The van der Waals surface area contributed by atoms with E-state index in [1.54, 1.807) is 18.2 Å². The molecule has 0 aliphatic carbocycles. The predicted octanol–water partition coefficient (Wildman–Crippen LogP) is 4.09. The molecule has 3 aromatic rings. The zero-order valence-electron chi connectivity index (χ0n) is 15.5. The van der Waals surface area contributed by atoms with Gasteiger partial charge in [0.2, 0.25) is 0 Å². The topological polar surface area (TPSA) is 102 Å². The summed E-state index contributed by atoms with van der Waals surface area (Å²) in [6, 6.07) is 14.6. The Balaban J connectivity index is 1.90. The smallest absolute Gasteiger partial charge is 0.264 e. The number of methoxy groups -OCH3 is 1. The van der Waals surface area contributed by atoms with E-state index in [0.29, 0.717) is 5.75 Å². The van der Waals surface area contributed by atoms with Crippen LogP contribution in [-0.2, 0) is 20.0 Å². The van der Waals surface area contributed by atoms with Crippen LogP contribution in [0.1, 0.15) is 0 Å². The molecule has 0 saturated heterocycles. The molecule has 0 aliphatic heterocycles. The van der Waals surface area contributed by atoms with Gasteiger partial charge in [-0.05, 0) is 48.5 Å². The quantitative estimate of drug-likeness (QED) is 0.541. The van der Waals surface area contributed by atoms with E-state index in [1.807, 2.05) is 0 Å². The predicted molar refractivity (Wildman–Crippen MR) is 112 cm³/mol. The van der Waals surface area contributed by atoms with E-state index >= 15 is 0 Å². The normalized spacial score (nSPS) is 11.7. The van der Waals surface area contributed by atoms with Crippen molar-refractivity contribution in [2.45, 2.75) is 9.79 Å². The van der Waals surface area contributed by atoms with Crippen LogP contribution >= 0.6 is 11.6 Å². The first-order chi connectivity index (χ1) is 14.1. The van der Waals surface area contributed by atoms with E-state index in [4.69, 9.17) is 16.3 Å². The summed E-state index contributed by atoms with van der Waals surface area (Å²) in [4.78, 5) is -0.822. The molecule has 0 atom stereocenters. The van der Waals surface area contributed by atoms with Gasteiger partial charge < -0.3 is 4.74 Å². The molecule has 0 saturated carbocycles. The summed E-state index contributed by atoms with van der Waals surface area (Å²) in [5.41, 5.74) is 0.154. The fraction of sp³-hybridized carbons (Fsp3) is 0.0526. The second kappa shape index (κ2) is 8.50. The van der Waals surface area contributed by atoms with Crippen molar-refractivity contribution < 1.29 is 26.0 Å². The minimum absolute atomic E-state index is 0.0435. The van der Waals surface area contributed by atoms with Crippen molar-refractivity contribution in [1.29, 1.82) is 0 Å². The average molecular weight is 471 g/mol. The van der Waals surface area contributed by atoms with Crippen LogP contribution in [0.5, 0.6) is 5.75 Å². The fourth-order valence-corrected chi connectivity index (χ4v) is 4.95. The lowest BCUT2D eigenvalue weighted by atomic mass is 10.3. The van der Waals surface area contributed by atoms with Gasteiger partial charge in [0.05, 0.1) is 23.4 Å². The minimum Gasteiger partial charge on any atom is -0.495 e. The molecule has 3 rings (SSSR count). The zero-order chi connectivity index (χ0) is 21.9. The molecule has 0 heterocycles. The summed E-state index contributed by atoms with van der Waals surface area (Å²) >= 11 is 5.65. The summed E-state index contributed by atoms with van der Waals surface area (Å²) < 4.78 is 74.1. The van der Waals surface area contributed by atoms with E-state index in [1.165, 1.54) is 37.4 Å². The molecule has 2 N–H and O–H groups in total. The number of hydrogen-bond acceptors (Lipinski definition) is 5. The number of rotatable bonds is 7. The number of nitrogens with one attached hydrogen (secondary N) is 2. The molecule has 7 nitrogen and oxygen atoms in total. The number of benzene rings is 3. The molecule has 0 fully saturated rings. The summed E-state index contributed by atoms with van der Waals surface area (Å²) in [7, 11) is -6.97. The maximum absolute atomic E-state index is 14.0. The van der Waals surface area contributed by atoms with Crippen LogP contribution in [0.25, 0.3) is 0 Å². The van der Waals surface area contributed by atoms with Crippen molar-refractivity contribution in [2.75, 3.05) is 16.6 Å². The Kier molecular flexibility index (Phi) is 6.20. The van der Waals surface area contributed by atoms with E-state index in [0.717, 1.165) is 18.2 Å². The van der Waals surface area contributed by atoms with Crippen LogP contribution < -0.4 is 14.2 Å². The van der Waals surface area contributed by atoms with Gasteiger partial charge in [0.1, 0.15) is 16.5 Å². The van der Waals surface area contributed by atoms with Crippen LogP contribution in [0.3, 0.4) is 0 Å². The highest BCUT2D eigenvalue weighted by Crippen LogP contribution is 2.28. The zero-order valence-corrected chi connectivity index (χ0v) is 17.9. The van der Waals surface area contributed by atoms with E-state index in [-0.39, 0.29) is 21.3 Å². The summed E-state index contributed by atoms with van der Waals surface area (Å²) in [5, 5.41) is 0.0435. The molecule has 0 aromatic heterocycles. The van der Waals surface area contributed by atoms with Crippen molar-refractivity contribution in [3.63, 3.8) is 0 Å². The average Bonchev–Trinajstić information content (AvgIpc) is 2.67. The van der Waals surface area contributed by atoms with Crippen molar-refractivity contribution in [3.05, 3.63) is 77.6 Å². The van der Waals surface area contributed by atoms with E-state index in [9.17, 15) is 21.2 Å². The maximum atomic E-state index is 14.0. The Morgan fingerprint density at radius 3 is 2.30 bits per heavy atom. The molecule has 0 aliphatic rings. The minimum atomic E-state index is -4.31. The third kappa shape index (κ3) is 4.84. The van der Waals surface area contributed by atoms with Gasteiger partial charge in [-0.15, -0.1) is 0 Å². The van der Waals surface area contributed by atoms with Gasteiger partial charge in [0.25, 0.3) is 20.0 Å². The summed E-state index contributed by atoms with van der Waals surface area (Å²) in [6.45, 7) is 0. The van der Waals surface area contributed by atoms with Crippen LogP contribution in [0, 0.1) is 5.82 Å². The number of sulfonamides is 2. The molecule has 0 amide bonds. The third-order valence-corrected chi connectivity index (χ3v) is 6.94. The van der Waals surface area contributed by atoms with Crippen molar-refractivity contribution in [3.8, 4) is 5.75 Å². The first-order valence-corrected chi connectivity index (χ1v) is 11.7. The van der Waals surface area contributed by atoms with Gasteiger partial charge in [-0.1, -0.05) is 29.8 Å². The number of ether oxygens (including phenoxy) is 1. The van der Waals surface area contributed by atoms with Gasteiger partial charge >= 0.3 is 0 Å². The molecule has 0 radical (unpaired) electrons. The van der Waals surface area contributed by atoms with E-state index < -0.39 is 30.8 Å². The molecule has 30 heavy (non-hydrogen) atoms. The second-order valence-electron chi connectivity index (χ2n) is 6.01. The van der Waals surface area contributed by atoms with Gasteiger partial charge in [-0.3, -0.25) is 9.44 Å². The molecular formula is C19H16ClFN2O5S2. The summed E-state index contributed by atoms with van der Waals surface area (Å²) in [5.74, 6) is -0.715. The van der Waals surface area contributed by atoms with Gasteiger partial charge in [-0.2, -0.15) is 0 Å². The van der Waals surface area contributed by atoms with Crippen molar-refractivity contribution in [2.24, 2.45) is 0 Å². The SMILES string of the molecule is COc1ccccc1NS(=O)(=O)c1cccc(NS(=O)(=O)c2ccc(Cl)cc2F)c1. The van der Waals surface area contributed by atoms with Crippen LogP contribution in [0.15, 0.2) is 76.5 Å². The Morgan fingerprint density at radius 1 is 0.867 bits per heavy atom. The molecule has 0 spiro atoms. The molecule has 0 bridgehead atoms. The van der Waals surface area contributed by atoms with Gasteiger partial charge in [0, 0.05) is 5.02 Å². The first-order valence-electron chi connectivity index (χ1n) is 8.36.